The number of rotatable bonds is 5. The Morgan fingerprint density at radius 2 is 2.12 bits per heavy atom. The standard InChI is InChI=1S/C18H14N4O2/c19-10-14(18(23)20-12-16-7-4-8-24-16)9-15-11-21-22-17(15)13-5-2-1-3-6-13/h1-9,11H,12H2,(H,20,23)(H,21,22). The molecule has 6 heteroatoms. The van der Waals surface area contributed by atoms with Crippen molar-refractivity contribution in [3.8, 4) is 17.3 Å². The fraction of sp³-hybridized carbons (Fsp3) is 0.0556. The molecule has 0 radical (unpaired) electrons. The van der Waals surface area contributed by atoms with Crippen LogP contribution >= 0.6 is 0 Å². The molecule has 2 heterocycles. The topological polar surface area (TPSA) is 94.7 Å². The van der Waals surface area contributed by atoms with Gasteiger partial charge < -0.3 is 9.73 Å². The Morgan fingerprint density at radius 3 is 2.83 bits per heavy atom. The molecule has 3 rings (SSSR count). The minimum atomic E-state index is -0.464. The summed E-state index contributed by atoms with van der Waals surface area (Å²) in [5.41, 5.74) is 2.35. The van der Waals surface area contributed by atoms with Crippen molar-refractivity contribution in [2.75, 3.05) is 0 Å². The average Bonchev–Trinajstić information content (AvgIpc) is 3.30. The summed E-state index contributed by atoms with van der Waals surface area (Å²) in [6, 6.07) is 15.0. The monoisotopic (exact) mass is 318 g/mol. The van der Waals surface area contributed by atoms with Gasteiger partial charge in [-0.25, -0.2) is 0 Å². The first kappa shape index (κ1) is 15.3. The minimum Gasteiger partial charge on any atom is -0.467 e. The number of carbonyl (C=O) groups excluding carboxylic acids is 1. The van der Waals surface area contributed by atoms with Crippen LogP contribution in [0.3, 0.4) is 0 Å². The third-order valence-corrected chi connectivity index (χ3v) is 3.40. The van der Waals surface area contributed by atoms with Gasteiger partial charge in [0.15, 0.2) is 0 Å². The van der Waals surface area contributed by atoms with Crippen LogP contribution in [0, 0.1) is 11.3 Å². The molecule has 1 amide bonds. The van der Waals surface area contributed by atoms with Gasteiger partial charge >= 0.3 is 0 Å². The molecule has 118 valence electrons. The average molecular weight is 318 g/mol. The SMILES string of the molecule is N#CC(=Cc1cn[nH]c1-c1ccccc1)C(=O)NCc1ccco1. The van der Waals surface area contributed by atoms with Gasteiger partial charge in [0.05, 0.1) is 24.7 Å². The van der Waals surface area contributed by atoms with Crippen LogP contribution in [0.2, 0.25) is 0 Å². The molecule has 6 nitrogen and oxygen atoms in total. The van der Waals surface area contributed by atoms with Gasteiger partial charge in [0.1, 0.15) is 17.4 Å². The maximum Gasteiger partial charge on any atom is 0.262 e. The molecule has 0 atom stereocenters. The Labute approximate surface area is 138 Å². The van der Waals surface area contributed by atoms with E-state index in [4.69, 9.17) is 4.42 Å². The highest BCUT2D eigenvalue weighted by molar-refractivity contribution is 6.02. The molecule has 3 aromatic rings. The number of aromatic nitrogens is 2. The van der Waals surface area contributed by atoms with Crippen LogP contribution < -0.4 is 5.32 Å². The molecule has 2 N–H and O–H groups in total. The molecule has 0 spiro atoms. The van der Waals surface area contributed by atoms with E-state index < -0.39 is 5.91 Å². The summed E-state index contributed by atoms with van der Waals surface area (Å²) in [6.07, 6.45) is 4.63. The molecule has 0 saturated carbocycles. The maximum atomic E-state index is 12.2. The first-order chi connectivity index (χ1) is 11.8. The van der Waals surface area contributed by atoms with Crippen molar-refractivity contribution in [2.24, 2.45) is 0 Å². The Morgan fingerprint density at radius 1 is 1.29 bits per heavy atom. The largest absolute Gasteiger partial charge is 0.467 e. The van der Waals surface area contributed by atoms with E-state index in [1.165, 1.54) is 12.3 Å². The number of hydrogen-bond acceptors (Lipinski definition) is 4. The Hall–Kier alpha value is -3.59. The van der Waals surface area contributed by atoms with Crippen LogP contribution in [0.4, 0.5) is 0 Å². The number of benzene rings is 1. The number of nitriles is 1. The molecule has 0 fully saturated rings. The highest BCUT2D eigenvalue weighted by Crippen LogP contribution is 2.22. The first-order valence-electron chi connectivity index (χ1n) is 7.29. The summed E-state index contributed by atoms with van der Waals surface area (Å²) in [7, 11) is 0. The molecule has 2 aromatic heterocycles. The second-order valence-electron chi connectivity index (χ2n) is 5.00. The van der Waals surface area contributed by atoms with Crippen LogP contribution in [-0.2, 0) is 11.3 Å². The molecule has 0 bridgehead atoms. The number of H-pyrrole nitrogens is 1. The Balaban J connectivity index is 1.80. The van der Waals surface area contributed by atoms with Gasteiger partial charge in [-0.05, 0) is 18.2 Å². The first-order valence-corrected chi connectivity index (χ1v) is 7.29. The number of aromatic amines is 1. The number of hydrogen-bond donors (Lipinski definition) is 2. The number of nitrogens with one attached hydrogen (secondary N) is 2. The molecule has 0 aliphatic rings. The lowest BCUT2D eigenvalue weighted by Crippen LogP contribution is -2.23. The summed E-state index contributed by atoms with van der Waals surface area (Å²) in [6.45, 7) is 0.224. The summed E-state index contributed by atoms with van der Waals surface area (Å²) in [4.78, 5) is 12.2. The third kappa shape index (κ3) is 3.42. The summed E-state index contributed by atoms with van der Waals surface area (Å²) >= 11 is 0. The molecule has 0 aliphatic heterocycles. The molecule has 24 heavy (non-hydrogen) atoms. The van der Waals surface area contributed by atoms with Gasteiger partial charge in [-0.1, -0.05) is 30.3 Å². The van der Waals surface area contributed by atoms with E-state index in [1.807, 2.05) is 36.4 Å². The van der Waals surface area contributed by atoms with Crippen molar-refractivity contribution < 1.29 is 9.21 Å². The summed E-state index contributed by atoms with van der Waals surface area (Å²) in [5, 5.41) is 18.8. The van der Waals surface area contributed by atoms with Crippen molar-refractivity contribution in [1.82, 2.24) is 15.5 Å². The van der Waals surface area contributed by atoms with Crippen LogP contribution in [-0.4, -0.2) is 16.1 Å². The van der Waals surface area contributed by atoms with Gasteiger partial charge in [0.2, 0.25) is 0 Å². The lowest BCUT2D eigenvalue weighted by Gasteiger charge is -2.03. The molecular weight excluding hydrogens is 304 g/mol. The molecule has 1 aromatic carbocycles. The number of nitrogens with zero attached hydrogens (tertiary/aromatic N) is 2. The van der Waals surface area contributed by atoms with Crippen molar-refractivity contribution in [1.29, 1.82) is 5.26 Å². The number of amides is 1. The van der Waals surface area contributed by atoms with Crippen LogP contribution in [0.15, 0.2) is 64.9 Å². The Bertz CT molecular complexity index is 887. The van der Waals surface area contributed by atoms with Crippen molar-refractivity contribution >= 4 is 12.0 Å². The van der Waals surface area contributed by atoms with Gasteiger partial charge in [-0.2, -0.15) is 10.4 Å². The zero-order chi connectivity index (χ0) is 16.8. The quantitative estimate of drug-likeness (QED) is 0.558. The Kier molecular flexibility index (Phi) is 4.54. The number of carbonyl (C=O) groups is 1. The molecule has 0 saturated heterocycles. The van der Waals surface area contributed by atoms with Gasteiger partial charge in [0, 0.05) is 11.1 Å². The smallest absolute Gasteiger partial charge is 0.262 e. The van der Waals surface area contributed by atoms with E-state index in [0.717, 1.165) is 11.3 Å². The van der Waals surface area contributed by atoms with Gasteiger partial charge in [-0.15, -0.1) is 0 Å². The lowest BCUT2D eigenvalue weighted by atomic mass is 10.1. The zero-order valence-electron chi connectivity index (χ0n) is 12.7. The maximum absolute atomic E-state index is 12.2. The second kappa shape index (κ2) is 7.11. The zero-order valence-corrected chi connectivity index (χ0v) is 12.7. The fourth-order valence-corrected chi connectivity index (χ4v) is 2.22. The predicted molar refractivity (Wildman–Crippen MR) is 88.2 cm³/mol. The number of furan rings is 1. The van der Waals surface area contributed by atoms with Crippen LogP contribution in [0.1, 0.15) is 11.3 Å². The van der Waals surface area contributed by atoms with Crippen LogP contribution in [0.5, 0.6) is 0 Å². The van der Waals surface area contributed by atoms with Gasteiger partial charge in [0.25, 0.3) is 5.91 Å². The lowest BCUT2D eigenvalue weighted by molar-refractivity contribution is -0.117. The predicted octanol–water partition coefficient (Wildman–Crippen LogP) is 2.89. The van der Waals surface area contributed by atoms with E-state index in [9.17, 15) is 10.1 Å². The highest BCUT2D eigenvalue weighted by Gasteiger charge is 2.12. The van der Waals surface area contributed by atoms with E-state index in [2.05, 4.69) is 15.5 Å². The van der Waals surface area contributed by atoms with Crippen molar-refractivity contribution in [3.05, 3.63) is 71.8 Å². The van der Waals surface area contributed by atoms with E-state index in [1.54, 1.807) is 18.3 Å². The van der Waals surface area contributed by atoms with Crippen LogP contribution in [0.25, 0.3) is 17.3 Å². The van der Waals surface area contributed by atoms with E-state index in [0.29, 0.717) is 11.3 Å². The normalized spacial score (nSPS) is 11.0. The molecule has 0 unspecified atom stereocenters. The van der Waals surface area contributed by atoms with Gasteiger partial charge in [-0.3, -0.25) is 9.89 Å². The highest BCUT2D eigenvalue weighted by atomic mass is 16.3. The van der Waals surface area contributed by atoms with E-state index in [-0.39, 0.29) is 12.1 Å². The fourth-order valence-electron chi connectivity index (χ4n) is 2.22. The minimum absolute atomic E-state index is 0.000127. The molecular formula is C18H14N4O2. The molecule has 0 aliphatic carbocycles. The summed E-state index contributed by atoms with van der Waals surface area (Å²) in [5.74, 6) is 0.156. The third-order valence-electron chi connectivity index (χ3n) is 3.40. The van der Waals surface area contributed by atoms with Crippen molar-refractivity contribution in [2.45, 2.75) is 6.54 Å². The van der Waals surface area contributed by atoms with E-state index >= 15 is 0 Å². The summed E-state index contributed by atoms with van der Waals surface area (Å²) < 4.78 is 5.15. The van der Waals surface area contributed by atoms with Crippen molar-refractivity contribution in [3.63, 3.8) is 0 Å². The second-order valence-corrected chi connectivity index (χ2v) is 5.00.